The average molecular weight is 442 g/mol. The molecule has 2 aromatic rings. The number of phenols is 1. The number of aromatic hydroxyl groups is 1. The Balaban J connectivity index is 2.35. The molecular formula is C18H18BrClN2O4. The van der Waals surface area contributed by atoms with Crippen molar-refractivity contribution in [2.24, 2.45) is 5.16 Å². The lowest BCUT2D eigenvalue weighted by Gasteiger charge is -2.16. The van der Waals surface area contributed by atoms with Crippen LogP contribution in [0.1, 0.15) is 43.7 Å². The number of rotatable bonds is 4. The van der Waals surface area contributed by atoms with E-state index in [0.29, 0.717) is 9.50 Å². The molecule has 2 rings (SSSR count). The summed E-state index contributed by atoms with van der Waals surface area (Å²) in [5.41, 5.74) is -0.396. The first-order chi connectivity index (χ1) is 12.1. The number of carbonyl (C=O) groups excluding carboxylic acids is 1. The highest BCUT2D eigenvalue weighted by Crippen LogP contribution is 2.32. The van der Waals surface area contributed by atoms with Crippen molar-refractivity contribution < 1.29 is 19.5 Å². The molecular weight excluding hydrogens is 424 g/mol. The van der Waals surface area contributed by atoms with Crippen molar-refractivity contribution in [3.05, 3.63) is 51.2 Å². The maximum Gasteiger partial charge on any atom is 0.228 e. The Labute approximate surface area is 164 Å². The zero-order valence-electron chi connectivity index (χ0n) is 14.7. The summed E-state index contributed by atoms with van der Waals surface area (Å²) >= 11 is 9.16. The monoisotopic (exact) mass is 440 g/mol. The van der Waals surface area contributed by atoms with Crippen LogP contribution in [0.3, 0.4) is 0 Å². The standard InChI is InChI=1S/C18H18BrClN2O4/c1-10(22-26-18(2,3)4)25-15-6-5-7-21-16(15)17(24)11-8-12(19)13(20)9-14(11)23/h5-9,23H,1-4H3. The number of carbonyl (C=O) groups is 1. The molecule has 0 bridgehead atoms. The summed E-state index contributed by atoms with van der Waals surface area (Å²) in [6.45, 7) is 7.15. The highest BCUT2D eigenvalue weighted by Gasteiger charge is 2.21. The van der Waals surface area contributed by atoms with Crippen molar-refractivity contribution in [1.82, 2.24) is 4.98 Å². The van der Waals surface area contributed by atoms with Crippen LogP contribution >= 0.6 is 27.5 Å². The number of oxime groups is 1. The Kier molecular flexibility index (Phi) is 6.26. The fraction of sp³-hybridized carbons (Fsp3) is 0.278. The van der Waals surface area contributed by atoms with Crippen LogP contribution in [0.5, 0.6) is 11.5 Å². The summed E-state index contributed by atoms with van der Waals surface area (Å²) in [6.07, 6.45) is 1.46. The predicted molar refractivity (Wildman–Crippen MR) is 103 cm³/mol. The number of benzene rings is 1. The number of phenolic OH excluding ortho intramolecular Hbond substituents is 1. The van der Waals surface area contributed by atoms with Crippen LogP contribution in [0.4, 0.5) is 0 Å². The first kappa shape index (κ1) is 20.2. The number of hydrogen-bond donors (Lipinski definition) is 1. The summed E-state index contributed by atoms with van der Waals surface area (Å²) in [5, 5.41) is 14.2. The van der Waals surface area contributed by atoms with Crippen LogP contribution < -0.4 is 4.74 Å². The molecule has 0 aliphatic rings. The van der Waals surface area contributed by atoms with E-state index in [1.165, 1.54) is 18.3 Å². The van der Waals surface area contributed by atoms with Gasteiger partial charge in [0, 0.05) is 23.7 Å². The van der Waals surface area contributed by atoms with Gasteiger partial charge in [0.25, 0.3) is 0 Å². The minimum absolute atomic E-state index is 0.0299. The Bertz CT molecular complexity index is 863. The van der Waals surface area contributed by atoms with Gasteiger partial charge in [0.15, 0.2) is 11.4 Å². The third-order valence-electron chi connectivity index (χ3n) is 2.97. The molecule has 0 atom stereocenters. The van der Waals surface area contributed by atoms with Crippen LogP contribution in [0.25, 0.3) is 0 Å². The first-order valence-electron chi connectivity index (χ1n) is 7.67. The molecule has 0 aliphatic carbocycles. The van der Waals surface area contributed by atoms with Gasteiger partial charge in [0.1, 0.15) is 11.4 Å². The van der Waals surface area contributed by atoms with Gasteiger partial charge in [-0.3, -0.25) is 4.79 Å². The van der Waals surface area contributed by atoms with Crippen LogP contribution in [-0.4, -0.2) is 27.4 Å². The van der Waals surface area contributed by atoms with Crippen molar-refractivity contribution in [2.75, 3.05) is 0 Å². The Morgan fingerprint density at radius 1 is 1.35 bits per heavy atom. The lowest BCUT2D eigenvalue weighted by Crippen LogP contribution is -2.18. The van der Waals surface area contributed by atoms with Gasteiger partial charge in [0.2, 0.25) is 11.7 Å². The van der Waals surface area contributed by atoms with E-state index in [2.05, 4.69) is 26.1 Å². The van der Waals surface area contributed by atoms with E-state index in [9.17, 15) is 9.90 Å². The predicted octanol–water partition coefficient (Wildman–Crippen LogP) is 4.96. The normalized spacial score (nSPS) is 12.0. The van der Waals surface area contributed by atoms with E-state index in [-0.39, 0.29) is 28.7 Å². The third-order valence-corrected chi connectivity index (χ3v) is 4.17. The summed E-state index contributed by atoms with van der Waals surface area (Å²) in [6, 6.07) is 5.92. The lowest BCUT2D eigenvalue weighted by atomic mass is 10.1. The number of hydrogen-bond acceptors (Lipinski definition) is 6. The highest BCUT2D eigenvalue weighted by atomic mass is 79.9. The number of halogens is 2. The van der Waals surface area contributed by atoms with Crippen LogP contribution in [-0.2, 0) is 4.84 Å². The molecule has 1 aromatic heterocycles. The summed E-state index contributed by atoms with van der Waals surface area (Å²) in [7, 11) is 0. The van der Waals surface area contributed by atoms with E-state index in [1.54, 1.807) is 19.1 Å². The average Bonchev–Trinajstić information content (AvgIpc) is 2.55. The summed E-state index contributed by atoms with van der Waals surface area (Å²) in [4.78, 5) is 22.2. The van der Waals surface area contributed by atoms with Crippen molar-refractivity contribution in [2.45, 2.75) is 33.3 Å². The van der Waals surface area contributed by atoms with Crippen LogP contribution in [0.15, 0.2) is 40.1 Å². The lowest BCUT2D eigenvalue weighted by molar-refractivity contribution is -0.00187. The maximum atomic E-state index is 12.8. The number of ketones is 1. The minimum Gasteiger partial charge on any atom is -0.507 e. The fourth-order valence-electron chi connectivity index (χ4n) is 1.87. The second-order valence-electron chi connectivity index (χ2n) is 6.38. The van der Waals surface area contributed by atoms with Crippen LogP contribution in [0.2, 0.25) is 5.02 Å². The summed E-state index contributed by atoms with van der Waals surface area (Å²) in [5.74, 6) is -0.355. The van der Waals surface area contributed by atoms with Crippen molar-refractivity contribution in [1.29, 1.82) is 0 Å². The number of ether oxygens (including phenoxy) is 1. The third kappa shape index (κ3) is 5.19. The molecule has 0 amide bonds. The SMILES string of the molecule is CC(=NOC(C)(C)C)Oc1cccnc1C(=O)c1cc(Br)c(Cl)cc1O. The van der Waals surface area contributed by atoms with Crippen molar-refractivity contribution >= 4 is 39.2 Å². The topological polar surface area (TPSA) is 81.0 Å². The molecule has 0 saturated heterocycles. The van der Waals surface area contributed by atoms with Crippen molar-refractivity contribution in [3.8, 4) is 11.5 Å². The molecule has 0 aliphatic heterocycles. The van der Waals surface area contributed by atoms with Gasteiger partial charge in [0.05, 0.1) is 10.6 Å². The molecule has 8 heteroatoms. The van der Waals surface area contributed by atoms with E-state index in [1.807, 2.05) is 20.8 Å². The van der Waals surface area contributed by atoms with Gasteiger partial charge >= 0.3 is 0 Å². The van der Waals surface area contributed by atoms with Gasteiger partial charge in [-0.25, -0.2) is 4.98 Å². The van der Waals surface area contributed by atoms with E-state index >= 15 is 0 Å². The highest BCUT2D eigenvalue weighted by molar-refractivity contribution is 9.10. The minimum atomic E-state index is -0.514. The Morgan fingerprint density at radius 3 is 2.69 bits per heavy atom. The molecule has 0 saturated carbocycles. The Hall–Kier alpha value is -2.12. The first-order valence-corrected chi connectivity index (χ1v) is 8.84. The second kappa shape index (κ2) is 8.05. The maximum absolute atomic E-state index is 12.8. The van der Waals surface area contributed by atoms with Gasteiger partial charge in [-0.1, -0.05) is 16.8 Å². The number of nitrogens with zero attached hydrogens (tertiary/aromatic N) is 2. The largest absolute Gasteiger partial charge is 0.507 e. The molecule has 0 fully saturated rings. The van der Waals surface area contributed by atoms with Gasteiger partial charge < -0.3 is 14.7 Å². The Morgan fingerprint density at radius 2 is 2.04 bits per heavy atom. The smallest absolute Gasteiger partial charge is 0.228 e. The molecule has 138 valence electrons. The molecule has 6 nitrogen and oxygen atoms in total. The van der Waals surface area contributed by atoms with Crippen LogP contribution in [0, 0.1) is 0 Å². The zero-order valence-corrected chi connectivity index (χ0v) is 17.1. The van der Waals surface area contributed by atoms with Crippen molar-refractivity contribution in [3.63, 3.8) is 0 Å². The molecule has 0 unspecified atom stereocenters. The fourth-order valence-corrected chi connectivity index (χ4v) is 2.37. The van der Waals surface area contributed by atoms with Gasteiger partial charge in [-0.15, -0.1) is 0 Å². The molecule has 0 radical (unpaired) electrons. The van der Waals surface area contributed by atoms with Gasteiger partial charge in [-0.05, 0) is 54.9 Å². The quantitative estimate of drug-likeness (QED) is 0.314. The molecule has 0 spiro atoms. The number of aromatic nitrogens is 1. The van der Waals surface area contributed by atoms with E-state index in [4.69, 9.17) is 21.2 Å². The van der Waals surface area contributed by atoms with E-state index in [0.717, 1.165) is 0 Å². The molecule has 1 aromatic carbocycles. The molecule has 26 heavy (non-hydrogen) atoms. The van der Waals surface area contributed by atoms with Gasteiger partial charge in [-0.2, -0.15) is 0 Å². The number of pyridine rings is 1. The van der Waals surface area contributed by atoms with E-state index < -0.39 is 11.4 Å². The molecule has 1 heterocycles. The second-order valence-corrected chi connectivity index (χ2v) is 7.64. The molecule has 1 N–H and O–H groups in total. The summed E-state index contributed by atoms with van der Waals surface area (Å²) < 4.78 is 6.08. The zero-order chi connectivity index (χ0) is 19.5.